The molecule has 18 heavy (non-hydrogen) atoms. The number of aryl methyl sites for hydroxylation is 2. The number of nitrogens with one attached hydrogen (secondary N) is 1. The van der Waals surface area contributed by atoms with E-state index in [4.69, 9.17) is 4.74 Å². The van der Waals surface area contributed by atoms with Crippen LogP contribution in [-0.2, 0) is 4.74 Å². The van der Waals surface area contributed by atoms with Gasteiger partial charge in [0.15, 0.2) is 0 Å². The normalized spacial score (nSPS) is 18.8. The van der Waals surface area contributed by atoms with Crippen LogP contribution >= 0.6 is 0 Å². The van der Waals surface area contributed by atoms with Gasteiger partial charge in [-0.05, 0) is 57.2 Å². The first kappa shape index (κ1) is 13.5. The molecule has 1 atom stereocenters. The molecule has 1 N–H and O–H groups in total. The summed E-state index contributed by atoms with van der Waals surface area (Å²) < 4.78 is 5.42. The molecule has 1 aliphatic rings. The number of ether oxygens (including phenoxy) is 1. The molecule has 1 aliphatic heterocycles. The summed E-state index contributed by atoms with van der Waals surface area (Å²) in [5.74, 6) is 0.763. The van der Waals surface area contributed by atoms with E-state index >= 15 is 0 Å². The van der Waals surface area contributed by atoms with Gasteiger partial charge in [0.25, 0.3) is 0 Å². The van der Waals surface area contributed by atoms with Crippen LogP contribution in [0.25, 0.3) is 0 Å². The molecule has 1 aromatic heterocycles. The lowest BCUT2D eigenvalue weighted by Crippen LogP contribution is -2.25. The minimum absolute atomic E-state index is 0.369. The second kappa shape index (κ2) is 6.30. The van der Waals surface area contributed by atoms with Crippen LogP contribution in [0.1, 0.15) is 42.1 Å². The van der Waals surface area contributed by atoms with E-state index in [2.05, 4.69) is 30.2 Å². The first-order valence-corrected chi connectivity index (χ1v) is 6.89. The number of rotatable bonds is 4. The predicted octanol–water partition coefficient (Wildman–Crippen LogP) is 2.78. The van der Waals surface area contributed by atoms with Crippen molar-refractivity contribution in [3.05, 3.63) is 29.1 Å². The Morgan fingerprint density at radius 2 is 2.11 bits per heavy atom. The molecule has 100 valence electrons. The van der Waals surface area contributed by atoms with E-state index in [-0.39, 0.29) is 0 Å². The van der Waals surface area contributed by atoms with Crippen molar-refractivity contribution in [2.45, 2.75) is 39.2 Å². The molecule has 0 spiro atoms. The quantitative estimate of drug-likeness (QED) is 0.889. The van der Waals surface area contributed by atoms with Crippen molar-refractivity contribution in [1.29, 1.82) is 0 Å². The van der Waals surface area contributed by atoms with Crippen LogP contribution in [0, 0.1) is 19.8 Å². The molecule has 1 aromatic rings. The topological polar surface area (TPSA) is 34.1 Å². The van der Waals surface area contributed by atoms with Crippen LogP contribution < -0.4 is 5.32 Å². The molecule has 2 rings (SSSR count). The van der Waals surface area contributed by atoms with Crippen LogP contribution in [0.2, 0.25) is 0 Å². The third-order valence-electron chi connectivity index (χ3n) is 3.84. The van der Waals surface area contributed by atoms with Crippen molar-refractivity contribution in [1.82, 2.24) is 10.3 Å². The lowest BCUT2D eigenvalue weighted by Gasteiger charge is -2.27. The van der Waals surface area contributed by atoms with Gasteiger partial charge in [-0.3, -0.25) is 4.98 Å². The summed E-state index contributed by atoms with van der Waals surface area (Å²) in [7, 11) is 2.03. The number of aromatic nitrogens is 1. The van der Waals surface area contributed by atoms with Crippen molar-refractivity contribution in [3.8, 4) is 0 Å². The van der Waals surface area contributed by atoms with Crippen LogP contribution in [0.3, 0.4) is 0 Å². The standard InChI is InChI=1S/C15H24N2O/c1-11-8-12(2)15(17-10-11)14(16-3)9-13-4-6-18-7-5-13/h8,10,13-14,16H,4-7,9H2,1-3H3. The molecule has 3 heteroatoms. The van der Waals surface area contributed by atoms with Gasteiger partial charge in [0.1, 0.15) is 0 Å². The number of nitrogens with zero attached hydrogens (tertiary/aromatic N) is 1. The summed E-state index contributed by atoms with van der Waals surface area (Å²) in [6, 6.07) is 2.59. The number of hydrogen-bond donors (Lipinski definition) is 1. The minimum Gasteiger partial charge on any atom is -0.381 e. The highest BCUT2D eigenvalue weighted by Crippen LogP contribution is 2.28. The highest BCUT2D eigenvalue weighted by Gasteiger charge is 2.21. The maximum absolute atomic E-state index is 5.42. The Balaban J connectivity index is 2.07. The third kappa shape index (κ3) is 3.30. The monoisotopic (exact) mass is 248 g/mol. The highest BCUT2D eigenvalue weighted by atomic mass is 16.5. The number of pyridine rings is 1. The molecule has 0 aromatic carbocycles. The average Bonchev–Trinajstić information content (AvgIpc) is 2.38. The summed E-state index contributed by atoms with van der Waals surface area (Å²) in [4.78, 5) is 4.62. The van der Waals surface area contributed by atoms with E-state index < -0.39 is 0 Å². The van der Waals surface area contributed by atoms with Crippen molar-refractivity contribution < 1.29 is 4.74 Å². The van der Waals surface area contributed by atoms with Crippen molar-refractivity contribution in [3.63, 3.8) is 0 Å². The molecular weight excluding hydrogens is 224 g/mol. The minimum atomic E-state index is 0.369. The second-order valence-corrected chi connectivity index (χ2v) is 5.35. The third-order valence-corrected chi connectivity index (χ3v) is 3.84. The fraction of sp³-hybridized carbons (Fsp3) is 0.667. The molecule has 3 nitrogen and oxygen atoms in total. The van der Waals surface area contributed by atoms with E-state index in [0.717, 1.165) is 25.6 Å². The Hall–Kier alpha value is -0.930. The summed E-state index contributed by atoms with van der Waals surface area (Å²) in [6.07, 6.45) is 5.50. The SMILES string of the molecule is CNC(CC1CCOCC1)c1ncc(C)cc1C. The molecule has 0 saturated carbocycles. The zero-order chi connectivity index (χ0) is 13.0. The zero-order valence-corrected chi connectivity index (χ0v) is 11.7. The van der Waals surface area contributed by atoms with E-state index in [9.17, 15) is 0 Å². The van der Waals surface area contributed by atoms with Crippen molar-refractivity contribution in [2.75, 3.05) is 20.3 Å². The smallest absolute Gasteiger partial charge is 0.0602 e. The summed E-state index contributed by atoms with van der Waals surface area (Å²) in [5, 5.41) is 3.42. The molecule has 0 radical (unpaired) electrons. The maximum atomic E-state index is 5.42. The molecule has 2 heterocycles. The van der Waals surface area contributed by atoms with Gasteiger partial charge in [0, 0.05) is 25.5 Å². The van der Waals surface area contributed by atoms with Gasteiger partial charge in [0.05, 0.1) is 5.69 Å². The molecule has 1 unspecified atom stereocenters. The average molecular weight is 248 g/mol. The Morgan fingerprint density at radius 1 is 1.39 bits per heavy atom. The van der Waals surface area contributed by atoms with Crippen LogP contribution in [0.15, 0.2) is 12.3 Å². The van der Waals surface area contributed by atoms with Gasteiger partial charge in [-0.15, -0.1) is 0 Å². The van der Waals surface area contributed by atoms with Gasteiger partial charge in [-0.1, -0.05) is 6.07 Å². The Bertz CT molecular complexity index is 386. The maximum Gasteiger partial charge on any atom is 0.0602 e. The molecule has 0 amide bonds. The Morgan fingerprint density at radius 3 is 2.72 bits per heavy atom. The predicted molar refractivity (Wildman–Crippen MR) is 73.7 cm³/mol. The molecule has 0 bridgehead atoms. The zero-order valence-electron chi connectivity index (χ0n) is 11.7. The first-order valence-electron chi connectivity index (χ1n) is 6.89. The molecule has 1 saturated heterocycles. The Labute approximate surface area is 110 Å². The highest BCUT2D eigenvalue weighted by molar-refractivity contribution is 5.25. The molecule has 0 aliphatic carbocycles. The van der Waals surface area contributed by atoms with Crippen LogP contribution in [0.4, 0.5) is 0 Å². The van der Waals surface area contributed by atoms with E-state index in [1.807, 2.05) is 13.2 Å². The van der Waals surface area contributed by atoms with E-state index in [0.29, 0.717) is 6.04 Å². The van der Waals surface area contributed by atoms with Crippen LogP contribution in [-0.4, -0.2) is 25.2 Å². The summed E-state index contributed by atoms with van der Waals surface area (Å²) >= 11 is 0. The van der Waals surface area contributed by atoms with Gasteiger partial charge in [-0.25, -0.2) is 0 Å². The van der Waals surface area contributed by atoms with Gasteiger partial charge < -0.3 is 10.1 Å². The van der Waals surface area contributed by atoms with E-state index in [1.165, 1.54) is 29.7 Å². The first-order chi connectivity index (χ1) is 8.70. The molecular formula is C15H24N2O. The van der Waals surface area contributed by atoms with Gasteiger partial charge >= 0.3 is 0 Å². The van der Waals surface area contributed by atoms with Gasteiger partial charge in [-0.2, -0.15) is 0 Å². The molecule has 1 fully saturated rings. The Kier molecular flexibility index (Phi) is 4.72. The largest absolute Gasteiger partial charge is 0.381 e. The summed E-state index contributed by atoms with van der Waals surface area (Å²) in [5.41, 5.74) is 3.73. The van der Waals surface area contributed by atoms with E-state index in [1.54, 1.807) is 0 Å². The second-order valence-electron chi connectivity index (χ2n) is 5.35. The lowest BCUT2D eigenvalue weighted by atomic mass is 9.90. The van der Waals surface area contributed by atoms with Crippen molar-refractivity contribution in [2.24, 2.45) is 5.92 Å². The summed E-state index contributed by atoms with van der Waals surface area (Å²) in [6.45, 7) is 6.09. The fourth-order valence-corrected chi connectivity index (χ4v) is 2.77. The van der Waals surface area contributed by atoms with Gasteiger partial charge in [0.2, 0.25) is 0 Å². The number of hydrogen-bond acceptors (Lipinski definition) is 3. The fourth-order valence-electron chi connectivity index (χ4n) is 2.77. The van der Waals surface area contributed by atoms with Crippen LogP contribution in [0.5, 0.6) is 0 Å². The lowest BCUT2D eigenvalue weighted by molar-refractivity contribution is 0.0606. The van der Waals surface area contributed by atoms with Crippen molar-refractivity contribution >= 4 is 0 Å².